The van der Waals surface area contributed by atoms with Crippen LogP contribution in [0.15, 0.2) is 4.99 Å². The molecule has 1 fully saturated rings. The van der Waals surface area contributed by atoms with E-state index in [0.29, 0.717) is 12.6 Å². The average Bonchev–Trinajstić information content (AvgIpc) is 2.77. The molecule has 1 unspecified atom stereocenters. The lowest BCUT2D eigenvalue weighted by molar-refractivity contribution is 0.179. The normalized spacial score (nSPS) is 19.5. The van der Waals surface area contributed by atoms with Gasteiger partial charge in [-0.05, 0) is 25.7 Å². The van der Waals surface area contributed by atoms with Crippen LogP contribution in [-0.2, 0) is 4.74 Å². The first-order chi connectivity index (χ1) is 8.22. The molecule has 0 saturated heterocycles. The predicted octanol–water partition coefficient (Wildman–Crippen LogP) is 1.90. The Morgan fingerprint density at radius 3 is 2.82 bits per heavy atom. The third kappa shape index (κ3) is 6.51. The standard InChI is InChI=1S/C13H27N3O/c1-11(10-17-2)16-13(14)15-9-5-8-12-6-3-4-7-12/h11-12H,3-10H2,1-2H3,(H3,14,15,16). The SMILES string of the molecule is COCC(C)NC(N)=NCCCC1CCCC1. The quantitative estimate of drug-likeness (QED) is 0.406. The third-order valence-electron chi connectivity index (χ3n) is 3.34. The Hall–Kier alpha value is -0.770. The molecule has 4 heteroatoms. The fourth-order valence-corrected chi connectivity index (χ4v) is 2.47. The first-order valence-corrected chi connectivity index (χ1v) is 6.77. The van der Waals surface area contributed by atoms with Crippen molar-refractivity contribution in [3.63, 3.8) is 0 Å². The second-order valence-electron chi connectivity index (χ2n) is 5.06. The van der Waals surface area contributed by atoms with Crippen LogP contribution in [0.1, 0.15) is 45.4 Å². The van der Waals surface area contributed by atoms with E-state index in [2.05, 4.69) is 10.3 Å². The van der Waals surface area contributed by atoms with Crippen LogP contribution >= 0.6 is 0 Å². The molecule has 1 saturated carbocycles. The molecular weight excluding hydrogens is 214 g/mol. The van der Waals surface area contributed by atoms with Crippen molar-refractivity contribution in [3.05, 3.63) is 0 Å². The van der Waals surface area contributed by atoms with E-state index in [1.54, 1.807) is 7.11 Å². The van der Waals surface area contributed by atoms with Crippen LogP contribution in [0.2, 0.25) is 0 Å². The van der Waals surface area contributed by atoms with Crippen molar-refractivity contribution in [3.8, 4) is 0 Å². The Balaban J connectivity index is 2.05. The number of nitrogens with zero attached hydrogens (tertiary/aromatic N) is 1. The van der Waals surface area contributed by atoms with E-state index in [4.69, 9.17) is 10.5 Å². The molecule has 0 aromatic rings. The Morgan fingerprint density at radius 1 is 1.47 bits per heavy atom. The van der Waals surface area contributed by atoms with E-state index in [9.17, 15) is 0 Å². The van der Waals surface area contributed by atoms with E-state index in [-0.39, 0.29) is 6.04 Å². The van der Waals surface area contributed by atoms with E-state index >= 15 is 0 Å². The number of nitrogens with two attached hydrogens (primary N) is 1. The molecule has 0 spiro atoms. The van der Waals surface area contributed by atoms with Crippen molar-refractivity contribution in [2.75, 3.05) is 20.3 Å². The molecule has 0 aromatic carbocycles. The van der Waals surface area contributed by atoms with E-state index in [0.717, 1.165) is 18.9 Å². The predicted molar refractivity (Wildman–Crippen MR) is 72.2 cm³/mol. The number of guanidine groups is 1. The Morgan fingerprint density at radius 2 is 2.18 bits per heavy atom. The lowest BCUT2D eigenvalue weighted by atomic mass is 10.0. The van der Waals surface area contributed by atoms with E-state index < -0.39 is 0 Å². The Bertz CT molecular complexity index is 225. The van der Waals surface area contributed by atoms with Gasteiger partial charge >= 0.3 is 0 Å². The maximum atomic E-state index is 5.78. The van der Waals surface area contributed by atoms with Crippen LogP contribution in [0, 0.1) is 5.92 Å². The summed E-state index contributed by atoms with van der Waals surface area (Å²) in [6, 6.07) is 0.221. The number of ether oxygens (including phenoxy) is 1. The maximum absolute atomic E-state index is 5.78. The zero-order valence-electron chi connectivity index (χ0n) is 11.2. The van der Waals surface area contributed by atoms with Crippen molar-refractivity contribution >= 4 is 5.96 Å². The number of aliphatic imine (C=N–C) groups is 1. The van der Waals surface area contributed by atoms with Gasteiger partial charge in [0, 0.05) is 19.7 Å². The summed E-state index contributed by atoms with van der Waals surface area (Å²) in [4.78, 5) is 4.34. The highest BCUT2D eigenvalue weighted by molar-refractivity contribution is 5.78. The summed E-state index contributed by atoms with van der Waals surface area (Å²) in [5.41, 5.74) is 5.78. The van der Waals surface area contributed by atoms with E-state index in [1.165, 1.54) is 32.1 Å². The minimum Gasteiger partial charge on any atom is -0.383 e. The fourth-order valence-electron chi connectivity index (χ4n) is 2.47. The van der Waals surface area contributed by atoms with Crippen LogP contribution in [0.25, 0.3) is 0 Å². The smallest absolute Gasteiger partial charge is 0.188 e. The van der Waals surface area contributed by atoms with Gasteiger partial charge in [0.05, 0.1) is 6.61 Å². The van der Waals surface area contributed by atoms with Crippen molar-refractivity contribution in [1.82, 2.24) is 5.32 Å². The molecule has 1 aliphatic rings. The molecule has 1 atom stereocenters. The third-order valence-corrected chi connectivity index (χ3v) is 3.34. The summed E-state index contributed by atoms with van der Waals surface area (Å²) in [5, 5.41) is 3.11. The lowest BCUT2D eigenvalue weighted by Gasteiger charge is -2.13. The minimum atomic E-state index is 0.221. The summed E-state index contributed by atoms with van der Waals surface area (Å²) in [5.74, 6) is 1.49. The number of nitrogens with one attached hydrogen (secondary N) is 1. The lowest BCUT2D eigenvalue weighted by Crippen LogP contribution is -2.40. The van der Waals surface area contributed by atoms with Crippen molar-refractivity contribution in [2.45, 2.75) is 51.5 Å². The second-order valence-corrected chi connectivity index (χ2v) is 5.06. The molecule has 0 aromatic heterocycles. The average molecular weight is 241 g/mol. The van der Waals surface area contributed by atoms with Crippen LogP contribution in [0.3, 0.4) is 0 Å². The molecule has 3 N–H and O–H groups in total. The Labute approximate surface area is 105 Å². The summed E-state index contributed by atoms with van der Waals surface area (Å²) in [6.07, 6.45) is 8.15. The van der Waals surface area contributed by atoms with Gasteiger partial charge in [0.1, 0.15) is 0 Å². The van der Waals surface area contributed by atoms with Gasteiger partial charge in [-0.2, -0.15) is 0 Å². The van der Waals surface area contributed by atoms with Gasteiger partial charge in [0.2, 0.25) is 0 Å². The van der Waals surface area contributed by atoms with Crippen molar-refractivity contribution in [2.24, 2.45) is 16.6 Å². The van der Waals surface area contributed by atoms with Crippen LogP contribution in [0.5, 0.6) is 0 Å². The summed E-state index contributed by atoms with van der Waals surface area (Å²) < 4.78 is 5.02. The molecule has 0 aliphatic heterocycles. The molecule has 0 radical (unpaired) electrons. The van der Waals surface area contributed by atoms with Gasteiger partial charge in [-0.15, -0.1) is 0 Å². The Kier molecular flexibility index (Phi) is 7.01. The number of rotatable bonds is 7. The first-order valence-electron chi connectivity index (χ1n) is 6.77. The van der Waals surface area contributed by atoms with Crippen LogP contribution in [-0.4, -0.2) is 32.3 Å². The summed E-state index contributed by atoms with van der Waals surface area (Å²) in [7, 11) is 1.69. The zero-order valence-corrected chi connectivity index (χ0v) is 11.2. The van der Waals surface area contributed by atoms with Gasteiger partial charge in [-0.1, -0.05) is 25.7 Å². The van der Waals surface area contributed by atoms with E-state index in [1.807, 2.05) is 6.92 Å². The number of methoxy groups -OCH3 is 1. The molecule has 0 amide bonds. The molecule has 0 bridgehead atoms. The molecule has 1 rings (SSSR count). The highest BCUT2D eigenvalue weighted by Crippen LogP contribution is 2.28. The van der Waals surface area contributed by atoms with Crippen molar-refractivity contribution in [1.29, 1.82) is 0 Å². The largest absolute Gasteiger partial charge is 0.383 e. The van der Waals surface area contributed by atoms with Gasteiger partial charge in [-0.3, -0.25) is 4.99 Å². The second kappa shape index (κ2) is 8.34. The summed E-state index contributed by atoms with van der Waals surface area (Å²) >= 11 is 0. The molecule has 100 valence electrons. The molecule has 17 heavy (non-hydrogen) atoms. The molecule has 4 nitrogen and oxygen atoms in total. The number of hydrogen-bond acceptors (Lipinski definition) is 2. The number of hydrogen-bond donors (Lipinski definition) is 2. The zero-order chi connectivity index (χ0) is 12.5. The first kappa shape index (κ1) is 14.3. The maximum Gasteiger partial charge on any atom is 0.188 e. The van der Waals surface area contributed by atoms with Crippen LogP contribution in [0.4, 0.5) is 0 Å². The van der Waals surface area contributed by atoms with Gasteiger partial charge in [0.25, 0.3) is 0 Å². The monoisotopic (exact) mass is 241 g/mol. The topological polar surface area (TPSA) is 59.6 Å². The van der Waals surface area contributed by atoms with Gasteiger partial charge in [0.15, 0.2) is 5.96 Å². The molecule has 1 aliphatic carbocycles. The van der Waals surface area contributed by atoms with Gasteiger partial charge < -0.3 is 15.8 Å². The van der Waals surface area contributed by atoms with Crippen LogP contribution < -0.4 is 11.1 Å². The fraction of sp³-hybridized carbons (Fsp3) is 0.923. The molecular formula is C13H27N3O. The molecule has 0 heterocycles. The summed E-state index contributed by atoms with van der Waals surface area (Å²) in [6.45, 7) is 3.53. The highest BCUT2D eigenvalue weighted by atomic mass is 16.5. The minimum absolute atomic E-state index is 0.221. The van der Waals surface area contributed by atoms with Gasteiger partial charge in [-0.25, -0.2) is 0 Å². The highest BCUT2D eigenvalue weighted by Gasteiger charge is 2.13. The van der Waals surface area contributed by atoms with Crippen molar-refractivity contribution < 1.29 is 4.74 Å².